The Morgan fingerprint density at radius 3 is 2.63 bits per heavy atom. The second kappa shape index (κ2) is 6.18. The summed E-state index contributed by atoms with van der Waals surface area (Å²) in [6, 6.07) is 3.21. The molecule has 19 heavy (non-hydrogen) atoms. The van der Waals surface area contributed by atoms with Crippen LogP contribution in [0.4, 0.5) is 5.82 Å². The van der Waals surface area contributed by atoms with Crippen LogP contribution < -0.4 is 5.32 Å². The van der Waals surface area contributed by atoms with Crippen molar-refractivity contribution in [3.63, 3.8) is 0 Å². The highest BCUT2D eigenvalue weighted by atomic mass is 35.5. The van der Waals surface area contributed by atoms with E-state index in [1.54, 1.807) is 12.1 Å². The molecule has 5 nitrogen and oxygen atoms in total. The summed E-state index contributed by atoms with van der Waals surface area (Å²) in [5, 5.41) is 3.68. The molecule has 2 rings (SSSR count). The number of carbonyl (C=O) groups excluding carboxylic acids is 1. The summed E-state index contributed by atoms with van der Waals surface area (Å²) in [5.41, 5.74) is 0.191. The third-order valence-corrected chi connectivity index (χ3v) is 3.19. The molecule has 0 aliphatic carbocycles. The molecule has 8 heteroatoms. The van der Waals surface area contributed by atoms with Gasteiger partial charge in [0.05, 0.1) is 10.6 Å². The Bertz CT molecular complexity index is 606. The lowest BCUT2D eigenvalue weighted by Gasteiger charge is -2.05. The monoisotopic (exact) mass is 314 g/mol. The number of halogens is 2. The number of rotatable bonds is 3. The Labute approximate surface area is 123 Å². The molecule has 2 heterocycles. The maximum Gasteiger partial charge on any atom is 0.261 e. The van der Waals surface area contributed by atoms with Crippen LogP contribution >= 0.6 is 35.0 Å². The molecule has 0 aromatic carbocycles. The number of carbonyl (C=O) groups is 1. The van der Waals surface area contributed by atoms with Gasteiger partial charge in [-0.3, -0.25) is 4.79 Å². The van der Waals surface area contributed by atoms with Gasteiger partial charge in [0.25, 0.3) is 5.91 Å². The van der Waals surface area contributed by atoms with Crippen molar-refractivity contribution in [3.8, 4) is 0 Å². The molecule has 0 spiro atoms. The molecule has 1 amide bonds. The van der Waals surface area contributed by atoms with Crippen molar-refractivity contribution in [1.29, 1.82) is 0 Å². The van der Waals surface area contributed by atoms with E-state index in [2.05, 4.69) is 20.3 Å². The van der Waals surface area contributed by atoms with Crippen molar-refractivity contribution >= 4 is 46.7 Å². The maximum absolute atomic E-state index is 12.0. The molecule has 0 atom stereocenters. The number of amides is 1. The molecule has 98 valence electrons. The Kier molecular flexibility index (Phi) is 4.57. The summed E-state index contributed by atoms with van der Waals surface area (Å²) in [6.07, 6.45) is 4.64. The van der Waals surface area contributed by atoms with Crippen LogP contribution in [-0.2, 0) is 0 Å². The Hall–Kier alpha value is -1.37. The second-order valence-electron chi connectivity index (χ2n) is 3.38. The smallest absolute Gasteiger partial charge is 0.261 e. The fraction of sp³-hybridized carbons (Fsp3) is 0.0909. The zero-order valence-corrected chi connectivity index (χ0v) is 12.1. The predicted octanol–water partition coefficient (Wildman–Crippen LogP) is 3.15. The van der Waals surface area contributed by atoms with Crippen molar-refractivity contribution < 1.29 is 4.79 Å². The first kappa shape index (κ1) is 14.0. The van der Waals surface area contributed by atoms with E-state index in [0.717, 1.165) is 0 Å². The summed E-state index contributed by atoms with van der Waals surface area (Å²) in [6.45, 7) is 0. The summed E-state index contributed by atoms with van der Waals surface area (Å²) < 4.78 is 0. The second-order valence-corrected chi connectivity index (χ2v) is 4.94. The zero-order valence-electron chi connectivity index (χ0n) is 9.72. The lowest BCUT2D eigenvalue weighted by Crippen LogP contribution is -2.14. The molecule has 0 fully saturated rings. The van der Waals surface area contributed by atoms with Crippen LogP contribution in [0, 0.1) is 0 Å². The molecule has 1 N–H and O–H groups in total. The van der Waals surface area contributed by atoms with Gasteiger partial charge in [-0.25, -0.2) is 15.0 Å². The van der Waals surface area contributed by atoms with Gasteiger partial charge in [-0.15, -0.1) is 0 Å². The van der Waals surface area contributed by atoms with Gasteiger partial charge < -0.3 is 5.32 Å². The van der Waals surface area contributed by atoms with Crippen molar-refractivity contribution in [1.82, 2.24) is 15.0 Å². The van der Waals surface area contributed by atoms with Crippen molar-refractivity contribution in [3.05, 3.63) is 40.3 Å². The number of nitrogens with one attached hydrogen (secondary N) is 1. The van der Waals surface area contributed by atoms with E-state index >= 15 is 0 Å². The first-order chi connectivity index (χ1) is 9.10. The standard InChI is InChI=1S/C11H8Cl2N4OS/c1-19-11-15-5-7(9(13)17-11)10(18)16-8-3-2-6(12)4-14-8/h2-5H,1H3,(H,14,16,18). The fourth-order valence-electron chi connectivity index (χ4n) is 1.23. The summed E-state index contributed by atoms with van der Waals surface area (Å²) >= 11 is 13.0. The molecular weight excluding hydrogens is 307 g/mol. The molecule has 0 bridgehead atoms. The topological polar surface area (TPSA) is 67.8 Å². The Morgan fingerprint density at radius 1 is 1.26 bits per heavy atom. The van der Waals surface area contributed by atoms with Crippen LogP contribution in [0.5, 0.6) is 0 Å². The van der Waals surface area contributed by atoms with Gasteiger partial charge in [-0.05, 0) is 18.4 Å². The van der Waals surface area contributed by atoms with E-state index in [-0.39, 0.29) is 10.7 Å². The molecular formula is C11H8Cl2N4OS. The average Bonchev–Trinajstić information content (AvgIpc) is 2.41. The van der Waals surface area contributed by atoms with Crippen molar-refractivity contribution in [2.24, 2.45) is 0 Å². The first-order valence-electron chi connectivity index (χ1n) is 5.09. The van der Waals surface area contributed by atoms with Gasteiger partial charge in [0.15, 0.2) is 5.16 Å². The van der Waals surface area contributed by atoms with E-state index in [1.165, 1.54) is 24.2 Å². The van der Waals surface area contributed by atoms with E-state index in [4.69, 9.17) is 23.2 Å². The summed E-state index contributed by atoms with van der Waals surface area (Å²) in [4.78, 5) is 23.9. The lowest BCUT2D eigenvalue weighted by molar-refractivity contribution is 0.102. The first-order valence-corrected chi connectivity index (χ1v) is 7.07. The van der Waals surface area contributed by atoms with E-state index in [9.17, 15) is 4.79 Å². The molecule has 0 saturated carbocycles. The molecule has 0 unspecified atom stereocenters. The van der Waals surface area contributed by atoms with Crippen LogP contribution in [0.25, 0.3) is 0 Å². The highest BCUT2D eigenvalue weighted by Crippen LogP contribution is 2.18. The van der Waals surface area contributed by atoms with Gasteiger partial charge in [0.1, 0.15) is 11.0 Å². The van der Waals surface area contributed by atoms with Crippen molar-refractivity contribution in [2.75, 3.05) is 11.6 Å². The molecule has 2 aromatic heterocycles. The number of thioether (sulfide) groups is 1. The third-order valence-electron chi connectivity index (χ3n) is 2.12. The van der Waals surface area contributed by atoms with Crippen LogP contribution in [-0.4, -0.2) is 27.1 Å². The number of nitrogens with zero attached hydrogens (tertiary/aromatic N) is 3. The van der Waals surface area contributed by atoms with Gasteiger partial charge in [0, 0.05) is 12.4 Å². The van der Waals surface area contributed by atoms with Gasteiger partial charge in [0.2, 0.25) is 0 Å². The normalized spacial score (nSPS) is 10.3. The molecule has 0 radical (unpaired) electrons. The number of anilines is 1. The van der Waals surface area contributed by atoms with Gasteiger partial charge in [-0.2, -0.15) is 0 Å². The van der Waals surface area contributed by atoms with Crippen LogP contribution in [0.1, 0.15) is 10.4 Å². The minimum Gasteiger partial charge on any atom is -0.306 e. The number of hydrogen-bond donors (Lipinski definition) is 1. The summed E-state index contributed by atoms with van der Waals surface area (Å²) in [7, 11) is 0. The quantitative estimate of drug-likeness (QED) is 0.535. The summed E-state index contributed by atoms with van der Waals surface area (Å²) in [5.74, 6) is -0.0492. The van der Waals surface area contributed by atoms with E-state index < -0.39 is 5.91 Å². The molecule has 2 aromatic rings. The van der Waals surface area contributed by atoms with Gasteiger partial charge >= 0.3 is 0 Å². The van der Waals surface area contributed by atoms with E-state index in [0.29, 0.717) is 16.0 Å². The Morgan fingerprint density at radius 2 is 2.05 bits per heavy atom. The Balaban J connectivity index is 2.18. The van der Waals surface area contributed by atoms with Crippen LogP contribution in [0.2, 0.25) is 10.2 Å². The number of hydrogen-bond acceptors (Lipinski definition) is 5. The zero-order chi connectivity index (χ0) is 13.8. The number of aromatic nitrogens is 3. The molecule has 0 aliphatic heterocycles. The van der Waals surface area contributed by atoms with Crippen molar-refractivity contribution in [2.45, 2.75) is 5.16 Å². The number of pyridine rings is 1. The van der Waals surface area contributed by atoms with Crippen LogP contribution in [0.15, 0.2) is 29.7 Å². The van der Waals surface area contributed by atoms with Crippen LogP contribution in [0.3, 0.4) is 0 Å². The fourth-order valence-corrected chi connectivity index (χ4v) is 1.95. The SMILES string of the molecule is CSc1ncc(C(=O)Nc2ccc(Cl)cn2)c(Cl)n1. The highest BCUT2D eigenvalue weighted by Gasteiger charge is 2.13. The largest absolute Gasteiger partial charge is 0.306 e. The lowest BCUT2D eigenvalue weighted by atomic mass is 10.3. The minimum absolute atomic E-state index is 0.103. The highest BCUT2D eigenvalue weighted by molar-refractivity contribution is 7.98. The predicted molar refractivity (Wildman–Crippen MR) is 76.0 cm³/mol. The third kappa shape index (κ3) is 3.56. The molecule has 0 saturated heterocycles. The van der Waals surface area contributed by atoms with Gasteiger partial charge in [-0.1, -0.05) is 35.0 Å². The minimum atomic E-state index is -0.424. The average molecular weight is 315 g/mol. The van der Waals surface area contributed by atoms with E-state index in [1.807, 2.05) is 6.26 Å². The molecule has 0 aliphatic rings. The maximum atomic E-state index is 12.0.